The summed E-state index contributed by atoms with van der Waals surface area (Å²) < 4.78 is 0. The topological polar surface area (TPSA) is 41.5 Å². The molecule has 0 fully saturated rings. The zero-order chi connectivity index (χ0) is 15.2. The molecule has 0 heterocycles. The van der Waals surface area contributed by atoms with Crippen LogP contribution < -0.4 is 5.43 Å². The van der Waals surface area contributed by atoms with Crippen LogP contribution in [0.2, 0.25) is 0 Å². The van der Waals surface area contributed by atoms with Gasteiger partial charge in [-0.2, -0.15) is 5.10 Å². The number of nitrogens with one attached hydrogen (secondary N) is 1. The molecular weight excluding hydrogens is 260 g/mol. The molecule has 2 rings (SSSR count). The van der Waals surface area contributed by atoms with Gasteiger partial charge in [0.2, 0.25) is 5.91 Å². The molecule has 0 saturated heterocycles. The van der Waals surface area contributed by atoms with Crippen LogP contribution in [0.4, 0.5) is 0 Å². The highest BCUT2D eigenvalue weighted by molar-refractivity contribution is 6.13. The Hall–Kier alpha value is -2.42. The van der Waals surface area contributed by atoms with Crippen LogP contribution >= 0.6 is 0 Å². The molecule has 0 aliphatic heterocycles. The van der Waals surface area contributed by atoms with E-state index in [0.717, 1.165) is 16.8 Å². The molecule has 108 valence electrons. The number of aryl methyl sites for hydroxylation is 1. The lowest BCUT2D eigenvalue weighted by Crippen LogP contribution is -2.24. The van der Waals surface area contributed by atoms with Crippen LogP contribution in [0, 0.1) is 12.8 Å². The largest absolute Gasteiger partial charge is 0.273 e. The first-order valence-electron chi connectivity index (χ1n) is 7.08. The smallest absolute Gasteiger partial charge is 0.242 e. The number of rotatable bonds is 4. The fourth-order valence-electron chi connectivity index (χ4n) is 1.84. The number of hydrogen-bond acceptors (Lipinski definition) is 2. The van der Waals surface area contributed by atoms with E-state index in [0.29, 0.717) is 0 Å². The number of carbonyl (C=O) groups is 1. The fourth-order valence-corrected chi connectivity index (χ4v) is 1.84. The Morgan fingerprint density at radius 1 is 0.952 bits per heavy atom. The van der Waals surface area contributed by atoms with Gasteiger partial charge in [0.15, 0.2) is 0 Å². The molecule has 2 aromatic carbocycles. The van der Waals surface area contributed by atoms with Gasteiger partial charge in [0.05, 0.1) is 5.71 Å². The number of amides is 1. The van der Waals surface area contributed by atoms with Gasteiger partial charge in [-0.1, -0.05) is 74.0 Å². The summed E-state index contributed by atoms with van der Waals surface area (Å²) >= 11 is 0. The van der Waals surface area contributed by atoms with E-state index in [9.17, 15) is 4.79 Å². The van der Waals surface area contributed by atoms with Gasteiger partial charge in [0, 0.05) is 17.0 Å². The lowest BCUT2D eigenvalue weighted by molar-refractivity contribution is -0.123. The van der Waals surface area contributed by atoms with Gasteiger partial charge in [0.1, 0.15) is 0 Å². The molecule has 2 aromatic rings. The van der Waals surface area contributed by atoms with Crippen LogP contribution in [-0.2, 0) is 4.79 Å². The van der Waals surface area contributed by atoms with Crippen molar-refractivity contribution in [2.45, 2.75) is 20.8 Å². The van der Waals surface area contributed by atoms with Crippen molar-refractivity contribution in [3.8, 4) is 0 Å². The number of hydrazone groups is 1. The monoisotopic (exact) mass is 280 g/mol. The number of hydrogen-bond donors (Lipinski definition) is 1. The van der Waals surface area contributed by atoms with Gasteiger partial charge in [-0.05, 0) is 6.92 Å². The summed E-state index contributed by atoms with van der Waals surface area (Å²) in [5.41, 5.74) is 6.56. The number of nitrogens with zero attached hydrogens (tertiary/aromatic N) is 1. The van der Waals surface area contributed by atoms with E-state index >= 15 is 0 Å². The highest BCUT2D eigenvalue weighted by atomic mass is 16.2. The van der Waals surface area contributed by atoms with E-state index in [1.807, 2.05) is 75.4 Å². The van der Waals surface area contributed by atoms with Crippen LogP contribution in [0.15, 0.2) is 59.7 Å². The minimum absolute atomic E-state index is 0.0875. The number of benzene rings is 2. The molecule has 0 spiro atoms. The van der Waals surface area contributed by atoms with Gasteiger partial charge >= 0.3 is 0 Å². The molecule has 0 unspecified atom stereocenters. The summed E-state index contributed by atoms with van der Waals surface area (Å²) in [5.74, 6) is -0.181. The average molecular weight is 280 g/mol. The van der Waals surface area contributed by atoms with E-state index in [1.165, 1.54) is 5.56 Å². The average Bonchev–Trinajstić information content (AvgIpc) is 2.50. The van der Waals surface area contributed by atoms with Crippen LogP contribution in [0.25, 0.3) is 0 Å². The zero-order valence-electron chi connectivity index (χ0n) is 12.6. The van der Waals surface area contributed by atoms with Gasteiger partial charge in [-0.3, -0.25) is 4.79 Å². The molecule has 21 heavy (non-hydrogen) atoms. The van der Waals surface area contributed by atoms with Gasteiger partial charge < -0.3 is 0 Å². The van der Waals surface area contributed by atoms with E-state index in [2.05, 4.69) is 10.5 Å². The minimum atomic E-state index is -0.0937. The van der Waals surface area contributed by atoms with Crippen molar-refractivity contribution < 1.29 is 4.79 Å². The third-order valence-corrected chi connectivity index (χ3v) is 3.17. The maximum Gasteiger partial charge on any atom is 0.242 e. The molecule has 0 aromatic heterocycles. The van der Waals surface area contributed by atoms with E-state index < -0.39 is 0 Å². The number of carbonyl (C=O) groups excluding carboxylic acids is 1. The second kappa shape index (κ2) is 6.84. The second-order valence-corrected chi connectivity index (χ2v) is 5.32. The maximum absolute atomic E-state index is 11.7. The highest BCUT2D eigenvalue weighted by Crippen LogP contribution is 2.12. The molecule has 0 radical (unpaired) electrons. The van der Waals surface area contributed by atoms with Crippen molar-refractivity contribution in [2.24, 2.45) is 11.0 Å². The molecule has 3 heteroatoms. The quantitative estimate of drug-likeness (QED) is 0.675. The summed E-state index contributed by atoms with van der Waals surface area (Å²) in [6, 6.07) is 18.0. The lowest BCUT2D eigenvalue weighted by Gasteiger charge is -2.09. The Kier molecular flexibility index (Phi) is 4.88. The molecule has 3 nitrogen and oxygen atoms in total. The van der Waals surface area contributed by atoms with E-state index in [4.69, 9.17) is 0 Å². The normalized spacial score (nSPS) is 11.5. The van der Waals surface area contributed by atoms with Crippen LogP contribution in [-0.4, -0.2) is 11.6 Å². The van der Waals surface area contributed by atoms with Crippen molar-refractivity contribution in [3.63, 3.8) is 0 Å². The molecular formula is C18H20N2O. The molecule has 1 N–H and O–H groups in total. The summed E-state index contributed by atoms with van der Waals surface area (Å²) in [7, 11) is 0. The molecule has 0 saturated carbocycles. The van der Waals surface area contributed by atoms with Crippen LogP contribution in [0.5, 0.6) is 0 Å². The standard InChI is InChI=1S/C18H20N2O/c1-13(2)18(21)20-19-17(15-7-5-4-6-8-15)16-11-9-14(3)10-12-16/h4-13H,1-3H3,(H,20,21)/b19-17+. The minimum Gasteiger partial charge on any atom is -0.273 e. The van der Waals surface area contributed by atoms with Crippen molar-refractivity contribution in [2.75, 3.05) is 0 Å². The van der Waals surface area contributed by atoms with Crippen molar-refractivity contribution in [3.05, 3.63) is 71.3 Å². The predicted octanol–water partition coefficient (Wildman–Crippen LogP) is 3.52. The van der Waals surface area contributed by atoms with Crippen molar-refractivity contribution in [1.82, 2.24) is 5.43 Å². The molecule has 0 aliphatic carbocycles. The maximum atomic E-state index is 11.7. The van der Waals surface area contributed by atoms with E-state index in [-0.39, 0.29) is 11.8 Å². The first-order valence-corrected chi connectivity index (χ1v) is 7.08. The SMILES string of the molecule is Cc1ccc(/C(=N/NC(=O)C(C)C)c2ccccc2)cc1. The van der Waals surface area contributed by atoms with Crippen LogP contribution in [0.3, 0.4) is 0 Å². The predicted molar refractivity (Wildman–Crippen MR) is 86.2 cm³/mol. The van der Waals surface area contributed by atoms with Gasteiger partial charge in [0.25, 0.3) is 0 Å². The summed E-state index contributed by atoms with van der Waals surface area (Å²) in [5, 5.41) is 4.33. The lowest BCUT2D eigenvalue weighted by atomic mass is 10.0. The highest BCUT2D eigenvalue weighted by Gasteiger charge is 2.09. The Morgan fingerprint density at radius 3 is 2.10 bits per heavy atom. The van der Waals surface area contributed by atoms with Crippen molar-refractivity contribution >= 4 is 11.6 Å². The summed E-state index contributed by atoms with van der Waals surface area (Å²) in [6.45, 7) is 5.74. The summed E-state index contributed by atoms with van der Waals surface area (Å²) in [4.78, 5) is 11.7. The Morgan fingerprint density at radius 2 is 1.52 bits per heavy atom. The molecule has 0 bridgehead atoms. The third kappa shape index (κ3) is 4.02. The molecule has 0 atom stereocenters. The first kappa shape index (κ1) is 15.0. The molecule has 0 aliphatic rings. The van der Waals surface area contributed by atoms with Crippen molar-refractivity contribution in [1.29, 1.82) is 0 Å². The zero-order valence-corrected chi connectivity index (χ0v) is 12.6. The van der Waals surface area contributed by atoms with E-state index in [1.54, 1.807) is 0 Å². The third-order valence-electron chi connectivity index (χ3n) is 3.17. The first-order chi connectivity index (χ1) is 10.1. The fraction of sp³-hybridized carbons (Fsp3) is 0.222. The summed E-state index contributed by atoms with van der Waals surface area (Å²) in [6.07, 6.45) is 0. The Bertz CT molecular complexity index is 628. The molecule has 1 amide bonds. The second-order valence-electron chi connectivity index (χ2n) is 5.32. The Balaban J connectivity index is 2.37. The van der Waals surface area contributed by atoms with Gasteiger partial charge in [-0.25, -0.2) is 5.43 Å². The van der Waals surface area contributed by atoms with Gasteiger partial charge in [-0.15, -0.1) is 0 Å². The van der Waals surface area contributed by atoms with Crippen LogP contribution in [0.1, 0.15) is 30.5 Å². The Labute approximate surface area is 125 Å².